The third kappa shape index (κ3) is 3.92. The van der Waals surface area contributed by atoms with Crippen molar-refractivity contribution < 1.29 is 19.7 Å². The number of ether oxygens (including phenoxy) is 1. The fourth-order valence-corrected chi connectivity index (χ4v) is 1.90. The Morgan fingerprint density at radius 1 is 1.45 bits per heavy atom. The fourth-order valence-electron chi connectivity index (χ4n) is 1.90. The number of carbonyl (C=O) groups excluding carboxylic acids is 1. The lowest BCUT2D eigenvalue weighted by Crippen LogP contribution is -2.39. The van der Waals surface area contributed by atoms with Gasteiger partial charge in [-0.15, -0.1) is 0 Å². The predicted molar refractivity (Wildman–Crippen MR) is 79.1 cm³/mol. The zero-order chi connectivity index (χ0) is 16.3. The molecule has 8 nitrogen and oxygen atoms in total. The quantitative estimate of drug-likeness (QED) is 0.665. The van der Waals surface area contributed by atoms with Crippen LogP contribution in [0.25, 0.3) is 11.0 Å². The summed E-state index contributed by atoms with van der Waals surface area (Å²) in [4.78, 5) is 15.6. The SMILES string of the molecule is CC(C)(C)OC(=O)NCC(O)C(O)c1[nH]nc2ncccc12. The molecular formula is C14H20N4O4. The highest BCUT2D eigenvalue weighted by atomic mass is 16.6. The predicted octanol–water partition coefficient (Wildman–Crippen LogP) is 0.877. The van der Waals surface area contributed by atoms with Crippen molar-refractivity contribution >= 4 is 17.1 Å². The first-order valence-corrected chi connectivity index (χ1v) is 6.90. The first-order chi connectivity index (χ1) is 10.3. The number of nitrogens with zero attached hydrogens (tertiary/aromatic N) is 2. The molecule has 2 aromatic heterocycles. The van der Waals surface area contributed by atoms with Crippen LogP contribution in [0, 0.1) is 0 Å². The molecule has 2 rings (SSSR count). The second kappa shape index (κ2) is 6.29. The highest BCUT2D eigenvalue weighted by Crippen LogP contribution is 2.22. The minimum absolute atomic E-state index is 0.156. The van der Waals surface area contributed by atoms with E-state index in [1.807, 2.05) is 0 Å². The molecule has 0 saturated heterocycles. The zero-order valence-electron chi connectivity index (χ0n) is 12.7. The second-order valence-corrected chi connectivity index (χ2v) is 5.91. The van der Waals surface area contributed by atoms with E-state index in [1.54, 1.807) is 39.1 Å². The number of carbonyl (C=O) groups is 1. The number of H-pyrrole nitrogens is 1. The number of nitrogens with one attached hydrogen (secondary N) is 2. The largest absolute Gasteiger partial charge is 0.444 e. The van der Waals surface area contributed by atoms with Gasteiger partial charge in [0.05, 0.1) is 5.69 Å². The monoisotopic (exact) mass is 308 g/mol. The molecule has 0 aliphatic rings. The minimum atomic E-state index is -1.23. The van der Waals surface area contributed by atoms with Gasteiger partial charge in [-0.3, -0.25) is 5.10 Å². The summed E-state index contributed by atoms with van der Waals surface area (Å²) < 4.78 is 5.06. The number of amides is 1. The van der Waals surface area contributed by atoms with Crippen LogP contribution in [-0.4, -0.2) is 49.7 Å². The molecule has 0 saturated carbocycles. The van der Waals surface area contributed by atoms with Crippen LogP contribution in [0.2, 0.25) is 0 Å². The lowest BCUT2D eigenvalue weighted by molar-refractivity contribution is 0.0115. The van der Waals surface area contributed by atoms with Gasteiger partial charge >= 0.3 is 6.09 Å². The van der Waals surface area contributed by atoms with Crippen molar-refractivity contribution in [2.45, 2.75) is 38.6 Å². The molecule has 0 aromatic carbocycles. The van der Waals surface area contributed by atoms with Crippen LogP contribution in [0.5, 0.6) is 0 Å². The number of aromatic nitrogens is 3. The Morgan fingerprint density at radius 3 is 2.86 bits per heavy atom. The van der Waals surface area contributed by atoms with Crippen molar-refractivity contribution in [1.29, 1.82) is 0 Å². The van der Waals surface area contributed by atoms with Gasteiger partial charge in [-0.2, -0.15) is 5.10 Å². The summed E-state index contributed by atoms with van der Waals surface area (Å²) in [6, 6.07) is 3.44. The molecule has 4 N–H and O–H groups in total. The van der Waals surface area contributed by atoms with Gasteiger partial charge in [0.25, 0.3) is 0 Å². The average molecular weight is 308 g/mol. The minimum Gasteiger partial charge on any atom is -0.444 e. The summed E-state index contributed by atoms with van der Waals surface area (Å²) in [5, 5.41) is 29.8. The Morgan fingerprint density at radius 2 is 2.18 bits per heavy atom. The molecule has 2 aromatic rings. The van der Waals surface area contributed by atoms with Gasteiger partial charge < -0.3 is 20.3 Å². The van der Waals surface area contributed by atoms with Gasteiger partial charge in [0.1, 0.15) is 17.8 Å². The van der Waals surface area contributed by atoms with Crippen LogP contribution in [0.15, 0.2) is 18.3 Å². The molecule has 0 fully saturated rings. The van der Waals surface area contributed by atoms with Gasteiger partial charge in [-0.1, -0.05) is 0 Å². The Labute approximate surface area is 127 Å². The van der Waals surface area contributed by atoms with Crippen molar-refractivity contribution in [3.63, 3.8) is 0 Å². The van der Waals surface area contributed by atoms with Gasteiger partial charge in [-0.05, 0) is 32.9 Å². The van der Waals surface area contributed by atoms with Gasteiger partial charge in [0, 0.05) is 18.1 Å². The first kappa shape index (κ1) is 16.2. The van der Waals surface area contributed by atoms with Crippen LogP contribution in [0.4, 0.5) is 4.79 Å². The highest BCUT2D eigenvalue weighted by molar-refractivity contribution is 5.77. The molecule has 0 bridgehead atoms. The number of alkyl carbamates (subject to hydrolysis) is 1. The maximum atomic E-state index is 11.5. The number of hydrogen-bond donors (Lipinski definition) is 4. The molecule has 0 spiro atoms. The summed E-state index contributed by atoms with van der Waals surface area (Å²) in [7, 11) is 0. The number of aliphatic hydroxyl groups is 2. The van der Waals surface area contributed by atoms with Gasteiger partial charge in [0.15, 0.2) is 5.65 Å². The van der Waals surface area contributed by atoms with Crippen LogP contribution in [0.1, 0.15) is 32.6 Å². The van der Waals surface area contributed by atoms with E-state index in [2.05, 4.69) is 20.5 Å². The van der Waals surface area contributed by atoms with E-state index in [-0.39, 0.29) is 6.54 Å². The Balaban J connectivity index is 1.98. The summed E-state index contributed by atoms with van der Waals surface area (Å²) in [6.07, 6.45) is -1.52. The molecule has 120 valence electrons. The number of hydrogen-bond acceptors (Lipinski definition) is 6. The standard InChI is InChI=1S/C14H20N4O4/c1-14(2,3)22-13(21)16-7-9(19)11(20)10-8-5-4-6-15-12(8)18-17-10/h4-6,9,11,19-20H,7H2,1-3H3,(H,16,21)(H,15,17,18). The van der Waals surface area contributed by atoms with Crippen molar-refractivity contribution in [3.05, 3.63) is 24.0 Å². The molecule has 2 heterocycles. The van der Waals surface area contributed by atoms with Gasteiger partial charge in [0.2, 0.25) is 0 Å². The van der Waals surface area contributed by atoms with E-state index in [0.717, 1.165) is 0 Å². The van der Waals surface area contributed by atoms with Crippen molar-refractivity contribution in [3.8, 4) is 0 Å². The molecule has 2 atom stereocenters. The maximum absolute atomic E-state index is 11.5. The third-order valence-electron chi connectivity index (χ3n) is 2.87. The number of pyridine rings is 1. The summed E-state index contributed by atoms with van der Waals surface area (Å²) in [6.45, 7) is 5.06. The van der Waals surface area contributed by atoms with E-state index in [0.29, 0.717) is 16.7 Å². The number of fused-ring (bicyclic) bond motifs is 1. The summed E-state index contributed by atoms with van der Waals surface area (Å²) >= 11 is 0. The van der Waals surface area contributed by atoms with E-state index in [9.17, 15) is 15.0 Å². The lowest BCUT2D eigenvalue weighted by atomic mass is 10.1. The Hall–Kier alpha value is -2.19. The molecule has 22 heavy (non-hydrogen) atoms. The molecule has 0 radical (unpaired) electrons. The Kier molecular flexibility index (Phi) is 4.62. The van der Waals surface area contributed by atoms with Crippen LogP contribution in [-0.2, 0) is 4.74 Å². The Bertz CT molecular complexity index is 650. The average Bonchev–Trinajstić information content (AvgIpc) is 2.86. The molecule has 1 amide bonds. The smallest absolute Gasteiger partial charge is 0.407 e. The maximum Gasteiger partial charge on any atom is 0.407 e. The molecule has 0 aliphatic heterocycles. The van der Waals surface area contributed by atoms with Crippen molar-refractivity contribution in [1.82, 2.24) is 20.5 Å². The number of aromatic amines is 1. The lowest BCUT2D eigenvalue weighted by Gasteiger charge is -2.21. The third-order valence-corrected chi connectivity index (χ3v) is 2.87. The molecular weight excluding hydrogens is 288 g/mol. The van der Waals surface area contributed by atoms with Crippen molar-refractivity contribution in [2.24, 2.45) is 0 Å². The highest BCUT2D eigenvalue weighted by Gasteiger charge is 2.24. The van der Waals surface area contributed by atoms with E-state index in [4.69, 9.17) is 4.74 Å². The summed E-state index contributed by atoms with van der Waals surface area (Å²) in [5.41, 5.74) is 0.171. The second-order valence-electron chi connectivity index (χ2n) is 5.91. The number of aliphatic hydroxyl groups excluding tert-OH is 2. The van der Waals surface area contributed by atoms with Crippen molar-refractivity contribution in [2.75, 3.05) is 6.54 Å². The normalized spacial score (nSPS) is 14.6. The van der Waals surface area contributed by atoms with Crippen LogP contribution >= 0.6 is 0 Å². The first-order valence-electron chi connectivity index (χ1n) is 6.90. The van der Waals surface area contributed by atoms with Gasteiger partial charge in [-0.25, -0.2) is 9.78 Å². The molecule has 2 unspecified atom stereocenters. The summed E-state index contributed by atoms with van der Waals surface area (Å²) in [5.74, 6) is 0. The topological polar surface area (TPSA) is 120 Å². The molecule has 8 heteroatoms. The zero-order valence-corrected chi connectivity index (χ0v) is 12.7. The van der Waals surface area contributed by atoms with Crippen LogP contribution in [0.3, 0.4) is 0 Å². The van der Waals surface area contributed by atoms with E-state index < -0.39 is 23.9 Å². The molecule has 0 aliphatic carbocycles. The fraction of sp³-hybridized carbons (Fsp3) is 0.500. The van der Waals surface area contributed by atoms with E-state index in [1.165, 1.54) is 0 Å². The van der Waals surface area contributed by atoms with E-state index >= 15 is 0 Å². The number of rotatable bonds is 4. The van der Waals surface area contributed by atoms with Crippen LogP contribution < -0.4 is 5.32 Å².